The molecule has 0 atom stereocenters. The molecule has 0 saturated carbocycles. The van der Waals surface area contributed by atoms with Gasteiger partial charge < -0.3 is 10.1 Å². The molecule has 0 bridgehead atoms. The maximum absolute atomic E-state index is 12.5. The van der Waals surface area contributed by atoms with Crippen molar-refractivity contribution < 1.29 is 17.9 Å². The van der Waals surface area contributed by atoms with E-state index in [0.717, 1.165) is 24.7 Å². The molecule has 1 aromatic rings. The minimum atomic E-state index is -4.26. The van der Waals surface area contributed by atoms with Crippen LogP contribution in [0.25, 0.3) is 0 Å². The molecule has 0 heterocycles. The predicted octanol–water partition coefficient (Wildman–Crippen LogP) is 2.79. The van der Waals surface area contributed by atoms with Crippen LogP contribution in [-0.2, 0) is 17.3 Å². The molecule has 1 aromatic carbocycles. The van der Waals surface area contributed by atoms with E-state index in [2.05, 4.69) is 5.32 Å². The number of alkyl halides is 3. The first-order chi connectivity index (χ1) is 8.45. The number of hydrogen-bond acceptors (Lipinski definition) is 2. The Morgan fingerprint density at radius 1 is 1.22 bits per heavy atom. The molecule has 1 N–H and O–H groups in total. The maximum atomic E-state index is 12.5. The van der Waals surface area contributed by atoms with Gasteiger partial charge in [-0.15, -0.1) is 0 Å². The van der Waals surface area contributed by atoms with E-state index in [1.54, 1.807) is 20.1 Å². The smallest absolute Gasteiger partial charge is 0.383 e. The second-order valence-corrected chi connectivity index (χ2v) is 4.13. The zero-order valence-electron chi connectivity index (χ0n) is 10.6. The topological polar surface area (TPSA) is 21.3 Å². The quantitative estimate of drug-likeness (QED) is 0.795. The number of rotatable bonds is 6. The second-order valence-electron chi connectivity index (χ2n) is 4.13. The lowest BCUT2D eigenvalue weighted by atomic mass is 10.0. The van der Waals surface area contributed by atoms with Gasteiger partial charge in [-0.25, -0.2) is 0 Å². The molecule has 1 rings (SSSR count). The summed E-state index contributed by atoms with van der Waals surface area (Å²) in [6, 6.07) is 3.89. The molecule has 102 valence electrons. The van der Waals surface area contributed by atoms with Crippen LogP contribution in [0.5, 0.6) is 0 Å². The average Bonchev–Trinajstić information content (AvgIpc) is 2.29. The molecule has 0 aliphatic carbocycles. The highest BCUT2D eigenvalue weighted by molar-refractivity contribution is 5.32. The van der Waals surface area contributed by atoms with E-state index in [-0.39, 0.29) is 0 Å². The molecular formula is C13H18F3NO. The van der Waals surface area contributed by atoms with Crippen LogP contribution in [0.15, 0.2) is 18.2 Å². The summed E-state index contributed by atoms with van der Waals surface area (Å²) in [5.74, 6) is 0. The molecule has 0 radical (unpaired) electrons. The Bertz CT molecular complexity index is 377. The number of methoxy groups -OCH3 is 1. The largest absolute Gasteiger partial charge is 0.416 e. The van der Waals surface area contributed by atoms with Crippen molar-refractivity contribution in [2.24, 2.45) is 0 Å². The summed E-state index contributed by atoms with van der Waals surface area (Å²) >= 11 is 0. The molecular weight excluding hydrogens is 243 g/mol. The number of benzene rings is 1. The van der Waals surface area contributed by atoms with E-state index in [9.17, 15) is 13.2 Å². The Balaban J connectivity index is 2.53. The van der Waals surface area contributed by atoms with E-state index in [0.29, 0.717) is 18.6 Å². The van der Waals surface area contributed by atoms with Gasteiger partial charge in [0.2, 0.25) is 0 Å². The van der Waals surface area contributed by atoms with Crippen molar-refractivity contribution in [1.29, 1.82) is 0 Å². The third-order valence-electron chi connectivity index (χ3n) is 2.72. The highest BCUT2D eigenvalue weighted by Gasteiger charge is 2.30. The standard InChI is InChI=1S/C13H18F3NO/c1-10-9-12(13(14,15)16)4-3-11(10)5-6-17-7-8-18-2/h3-4,9,17H,5-8H2,1-2H3. The van der Waals surface area contributed by atoms with Gasteiger partial charge in [0, 0.05) is 13.7 Å². The molecule has 0 saturated heterocycles. The van der Waals surface area contributed by atoms with Gasteiger partial charge in [0.25, 0.3) is 0 Å². The zero-order chi connectivity index (χ0) is 13.6. The molecule has 0 unspecified atom stereocenters. The van der Waals surface area contributed by atoms with E-state index < -0.39 is 11.7 Å². The van der Waals surface area contributed by atoms with Crippen LogP contribution < -0.4 is 5.32 Å². The molecule has 18 heavy (non-hydrogen) atoms. The Morgan fingerprint density at radius 3 is 2.50 bits per heavy atom. The summed E-state index contributed by atoms with van der Waals surface area (Å²) in [7, 11) is 1.63. The first-order valence-electron chi connectivity index (χ1n) is 5.81. The van der Waals surface area contributed by atoms with Crippen LogP contribution in [-0.4, -0.2) is 26.8 Å². The number of ether oxygens (including phenoxy) is 1. The number of aryl methyl sites for hydroxylation is 1. The van der Waals surface area contributed by atoms with Crippen molar-refractivity contribution in [3.63, 3.8) is 0 Å². The van der Waals surface area contributed by atoms with Gasteiger partial charge in [-0.1, -0.05) is 6.07 Å². The summed E-state index contributed by atoms with van der Waals surface area (Å²) in [6.45, 7) is 3.82. The summed E-state index contributed by atoms with van der Waals surface area (Å²) in [6.07, 6.45) is -3.55. The average molecular weight is 261 g/mol. The van der Waals surface area contributed by atoms with Crippen molar-refractivity contribution in [3.8, 4) is 0 Å². The van der Waals surface area contributed by atoms with Gasteiger partial charge in [-0.3, -0.25) is 0 Å². The summed E-state index contributed by atoms with van der Waals surface area (Å²) < 4.78 is 42.3. The minimum Gasteiger partial charge on any atom is -0.383 e. The molecule has 0 amide bonds. The third kappa shape index (κ3) is 4.66. The van der Waals surface area contributed by atoms with Gasteiger partial charge in [-0.2, -0.15) is 13.2 Å². The Kier molecular flexibility index (Phi) is 5.62. The van der Waals surface area contributed by atoms with Gasteiger partial charge in [0.05, 0.1) is 12.2 Å². The van der Waals surface area contributed by atoms with Gasteiger partial charge in [0.15, 0.2) is 0 Å². The van der Waals surface area contributed by atoms with Gasteiger partial charge in [-0.05, 0) is 43.1 Å². The van der Waals surface area contributed by atoms with Crippen molar-refractivity contribution in [2.45, 2.75) is 19.5 Å². The van der Waals surface area contributed by atoms with Crippen LogP contribution >= 0.6 is 0 Å². The first-order valence-corrected chi connectivity index (χ1v) is 5.81. The summed E-state index contributed by atoms with van der Waals surface area (Å²) in [5, 5.41) is 3.16. The molecule has 0 aliphatic rings. The molecule has 0 aliphatic heterocycles. The molecule has 0 aromatic heterocycles. The van der Waals surface area contributed by atoms with E-state index in [1.807, 2.05) is 0 Å². The van der Waals surface area contributed by atoms with Crippen LogP contribution in [0, 0.1) is 6.92 Å². The Morgan fingerprint density at radius 2 is 1.94 bits per heavy atom. The van der Waals surface area contributed by atoms with Gasteiger partial charge in [0.1, 0.15) is 0 Å². The fourth-order valence-corrected chi connectivity index (χ4v) is 1.67. The highest BCUT2D eigenvalue weighted by Crippen LogP contribution is 2.30. The Labute approximate surface area is 105 Å². The lowest BCUT2D eigenvalue weighted by molar-refractivity contribution is -0.137. The normalized spacial score (nSPS) is 11.8. The number of hydrogen-bond donors (Lipinski definition) is 1. The third-order valence-corrected chi connectivity index (χ3v) is 2.72. The van der Waals surface area contributed by atoms with Crippen molar-refractivity contribution in [1.82, 2.24) is 5.32 Å². The summed E-state index contributed by atoms with van der Waals surface area (Å²) in [4.78, 5) is 0. The maximum Gasteiger partial charge on any atom is 0.416 e. The van der Waals surface area contributed by atoms with Crippen molar-refractivity contribution >= 4 is 0 Å². The van der Waals surface area contributed by atoms with E-state index in [1.165, 1.54) is 6.07 Å². The van der Waals surface area contributed by atoms with Crippen LogP contribution in [0.4, 0.5) is 13.2 Å². The lowest BCUT2D eigenvalue weighted by Crippen LogP contribution is -2.22. The highest BCUT2D eigenvalue weighted by atomic mass is 19.4. The van der Waals surface area contributed by atoms with Gasteiger partial charge >= 0.3 is 6.18 Å². The number of nitrogens with one attached hydrogen (secondary N) is 1. The fourth-order valence-electron chi connectivity index (χ4n) is 1.67. The zero-order valence-corrected chi connectivity index (χ0v) is 10.6. The van der Waals surface area contributed by atoms with Crippen LogP contribution in [0.3, 0.4) is 0 Å². The van der Waals surface area contributed by atoms with Crippen LogP contribution in [0.1, 0.15) is 16.7 Å². The lowest BCUT2D eigenvalue weighted by Gasteiger charge is -2.11. The van der Waals surface area contributed by atoms with Crippen molar-refractivity contribution in [3.05, 3.63) is 34.9 Å². The van der Waals surface area contributed by atoms with E-state index >= 15 is 0 Å². The predicted molar refractivity (Wildman–Crippen MR) is 64.6 cm³/mol. The fraction of sp³-hybridized carbons (Fsp3) is 0.538. The molecule has 2 nitrogen and oxygen atoms in total. The minimum absolute atomic E-state index is 0.587. The SMILES string of the molecule is COCCNCCc1ccc(C(F)(F)F)cc1C. The number of halogens is 3. The molecule has 0 fully saturated rings. The van der Waals surface area contributed by atoms with Crippen LogP contribution in [0.2, 0.25) is 0 Å². The molecule has 0 spiro atoms. The van der Waals surface area contributed by atoms with Crippen molar-refractivity contribution in [2.75, 3.05) is 26.8 Å². The molecule has 5 heteroatoms. The first kappa shape index (κ1) is 15.0. The summed E-state index contributed by atoms with van der Waals surface area (Å²) in [5.41, 5.74) is 1.03. The Hall–Kier alpha value is -1.07. The second kappa shape index (κ2) is 6.75. The monoisotopic (exact) mass is 261 g/mol. The van der Waals surface area contributed by atoms with E-state index in [4.69, 9.17) is 4.74 Å².